The summed E-state index contributed by atoms with van der Waals surface area (Å²) in [5.74, 6) is 0.0656. The first-order chi connectivity index (χ1) is 7.27. The van der Waals surface area contributed by atoms with Gasteiger partial charge in [0.2, 0.25) is 5.96 Å². The van der Waals surface area contributed by atoms with Crippen LogP contribution in [0.15, 0.2) is 16.8 Å². The number of aliphatic imine (C=N–C) groups is 1. The van der Waals surface area contributed by atoms with Gasteiger partial charge in [0, 0.05) is 25.0 Å². The van der Waals surface area contributed by atoms with Crippen molar-refractivity contribution in [2.75, 3.05) is 13.1 Å². The standard InChI is InChI=1S/C10H17N5/c11-10(12)15-6-4-8(7-14-15)9-3-1-2-5-13-9/h7,14H,1-6H2,(H3,11,12). The van der Waals surface area contributed by atoms with Gasteiger partial charge in [-0.1, -0.05) is 0 Å². The number of guanidine groups is 1. The van der Waals surface area contributed by atoms with Crippen molar-refractivity contribution in [1.82, 2.24) is 10.4 Å². The SMILES string of the molecule is N=C(N)N1CCC(C2=NCCCC2)=CN1. The van der Waals surface area contributed by atoms with Crippen LogP contribution in [0.1, 0.15) is 25.7 Å². The van der Waals surface area contributed by atoms with Crippen molar-refractivity contribution in [3.05, 3.63) is 11.8 Å². The van der Waals surface area contributed by atoms with Gasteiger partial charge in [-0.2, -0.15) is 0 Å². The first-order valence-electron chi connectivity index (χ1n) is 5.38. The molecule has 2 rings (SSSR count). The van der Waals surface area contributed by atoms with Crippen molar-refractivity contribution in [2.24, 2.45) is 10.7 Å². The average Bonchev–Trinajstić information content (AvgIpc) is 2.30. The minimum Gasteiger partial charge on any atom is -0.369 e. The van der Waals surface area contributed by atoms with E-state index in [-0.39, 0.29) is 5.96 Å². The molecule has 0 bridgehead atoms. The van der Waals surface area contributed by atoms with Crippen molar-refractivity contribution in [3.8, 4) is 0 Å². The zero-order valence-corrected chi connectivity index (χ0v) is 8.79. The Kier molecular flexibility index (Phi) is 2.89. The van der Waals surface area contributed by atoms with E-state index >= 15 is 0 Å². The molecule has 0 saturated carbocycles. The predicted molar refractivity (Wildman–Crippen MR) is 60.6 cm³/mol. The molecule has 15 heavy (non-hydrogen) atoms. The number of nitrogens with one attached hydrogen (secondary N) is 2. The lowest BCUT2D eigenvalue weighted by Gasteiger charge is -2.28. The van der Waals surface area contributed by atoms with E-state index in [9.17, 15) is 0 Å². The van der Waals surface area contributed by atoms with Crippen LogP contribution >= 0.6 is 0 Å². The number of hydrazine groups is 1. The topological polar surface area (TPSA) is 77.5 Å². The van der Waals surface area contributed by atoms with Crippen LogP contribution in [0.25, 0.3) is 0 Å². The highest BCUT2D eigenvalue weighted by molar-refractivity contribution is 6.00. The molecule has 0 atom stereocenters. The summed E-state index contributed by atoms with van der Waals surface area (Å²) in [5, 5.41) is 8.91. The largest absolute Gasteiger partial charge is 0.369 e. The van der Waals surface area contributed by atoms with Crippen molar-refractivity contribution in [3.63, 3.8) is 0 Å². The second kappa shape index (κ2) is 4.33. The van der Waals surface area contributed by atoms with Gasteiger partial charge in [-0.15, -0.1) is 0 Å². The number of nitrogens with two attached hydrogens (primary N) is 1. The monoisotopic (exact) mass is 207 g/mol. The molecule has 0 radical (unpaired) electrons. The maximum Gasteiger partial charge on any atom is 0.207 e. The second-order valence-electron chi connectivity index (χ2n) is 3.87. The molecule has 5 nitrogen and oxygen atoms in total. The van der Waals surface area contributed by atoms with Crippen LogP contribution in [0.5, 0.6) is 0 Å². The molecular formula is C10H17N5. The molecule has 0 aromatic rings. The fourth-order valence-electron chi connectivity index (χ4n) is 1.90. The summed E-state index contributed by atoms with van der Waals surface area (Å²) in [5.41, 5.74) is 10.9. The highest BCUT2D eigenvalue weighted by Gasteiger charge is 2.16. The molecule has 0 aromatic carbocycles. The molecule has 2 heterocycles. The summed E-state index contributed by atoms with van der Waals surface area (Å²) in [6.45, 7) is 1.71. The number of rotatable bonds is 1. The third-order valence-electron chi connectivity index (χ3n) is 2.79. The number of hydrogen-bond acceptors (Lipinski definition) is 3. The van der Waals surface area contributed by atoms with Crippen LogP contribution in [0.2, 0.25) is 0 Å². The molecule has 0 amide bonds. The van der Waals surface area contributed by atoms with Crippen molar-refractivity contribution >= 4 is 11.7 Å². The first-order valence-corrected chi connectivity index (χ1v) is 5.38. The van der Waals surface area contributed by atoms with E-state index in [2.05, 4.69) is 10.4 Å². The molecule has 0 unspecified atom stereocenters. The Labute approximate surface area is 89.5 Å². The van der Waals surface area contributed by atoms with Gasteiger partial charge in [0.25, 0.3) is 0 Å². The summed E-state index contributed by atoms with van der Waals surface area (Å²) in [6.07, 6.45) is 6.39. The van der Waals surface area contributed by atoms with Crippen LogP contribution in [-0.2, 0) is 0 Å². The summed E-state index contributed by atoms with van der Waals surface area (Å²) in [6, 6.07) is 0. The Balaban J connectivity index is 2.01. The van der Waals surface area contributed by atoms with Gasteiger partial charge in [0.05, 0.1) is 0 Å². The van der Waals surface area contributed by atoms with Crippen LogP contribution < -0.4 is 11.2 Å². The first kappa shape index (κ1) is 10.0. The Hall–Kier alpha value is -1.52. The van der Waals surface area contributed by atoms with E-state index in [1.165, 1.54) is 24.1 Å². The molecule has 4 N–H and O–H groups in total. The molecule has 82 valence electrons. The molecule has 0 aliphatic carbocycles. The molecule has 0 aromatic heterocycles. The lowest BCUT2D eigenvalue weighted by molar-refractivity contribution is 0.339. The zero-order valence-electron chi connectivity index (χ0n) is 8.79. The van der Waals surface area contributed by atoms with Crippen molar-refractivity contribution < 1.29 is 0 Å². The fraction of sp³-hybridized carbons (Fsp3) is 0.600. The highest BCUT2D eigenvalue weighted by Crippen LogP contribution is 2.17. The Morgan fingerprint density at radius 3 is 2.87 bits per heavy atom. The normalized spacial score (nSPS) is 21.5. The van der Waals surface area contributed by atoms with Crippen LogP contribution in [0.4, 0.5) is 0 Å². The summed E-state index contributed by atoms with van der Waals surface area (Å²) >= 11 is 0. The molecule has 5 heteroatoms. The van der Waals surface area contributed by atoms with Crippen LogP contribution in [0.3, 0.4) is 0 Å². The Morgan fingerprint density at radius 2 is 2.33 bits per heavy atom. The van der Waals surface area contributed by atoms with Gasteiger partial charge in [0.1, 0.15) is 0 Å². The highest BCUT2D eigenvalue weighted by atomic mass is 15.5. The molecule has 0 spiro atoms. The van der Waals surface area contributed by atoms with Gasteiger partial charge in [-0.3, -0.25) is 15.4 Å². The Bertz CT molecular complexity index is 318. The summed E-state index contributed by atoms with van der Waals surface area (Å²) in [4.78, 5) is 4.53. The molecular weight excluding hydrogens is 190 g/mol. The third-order valence-corrected chi connectivity index (χ3v) is 2.79. The van der Waals surface area contributed by atoms with Crippen LogP contribution in [0, 0.1) is 5.41 Å². The molecule has 0 saturated heterocycles. The summed E-state index contributed by atoms with van der Waals surface area (Å²) < 4.78 is 0. The van der Waals surface area contributed by atoms with Crippen molar-refractivity contribution in [2.45, 2.75) is 25.7 Å². The second-order valence-corrected chi connectivity index (χ2v) is 3.87. The smallest absolute Gasteiger partial charge is 0.207 e. The molecule has 2 aliphatic rings. The lowest BCUT2D eigenvalue weighted by atomic mass is 9.99. The van der Waals surface area contributed by atoms with Gasteiger partial charge in [0.15, 0.2) is 0 Å². The van der Waals surface area contributed by atoms with E-state index in [0.717, 1.165) is 25.9 Å². The minimum atomic E-state index is 0.0656. The predicted octanol–water partition coefficient (Wildman–Crippen LogP) is 0.599. The number of hydrogen-bond donors (Lipinski definition) is 3. The fourth-order valence-corrected chi connectivity index (χ4v) is 1.90. The van der Waals surface area contributed by atoms with Gasteiger partial charge in [-0.25, -0.2) is 0 Å². The Morgan fingerprint density at radius 1 is 1.47 bits per heavy atom. The van der Waals surface area contributed by atoms with E-state index in [4.69, 9.17) is 11.1 Å². The molecule has 2 aliphatic heterocycles. The number of nitrogens with zero attached hydrogens (tertiary/aromatic N) is 2. The van der Waals surface area contributed by atoms with Gasteiger partial charge in [-0.05, 0) is 31.3 Å². The van der Waals surface area contributed by atoms with E-state index < -0.39 is 0 Å². The summed E-state index contributed by atoms with van der Waals surface area (Å²) in [7, 11) is 0. The van der Waals surface area contributed by atoms with Gasteiger partial charge >= 0.3 is 0 Å². The minimum absolute atomic E-state index is 0.0656. The quantitative estimate of drug-likeness (QED) is 0.435. The van der Waals surface area contributed by atoms with E-state index in [1.54, 1.807) is 5.01 Å². The average molecular weight is 207 g/mol. The lowest BCUT2D eigenvalue weighted by Crippen LogP contribution is -2.47. The van der Waals surface area contributed by atoms with Crippen molar-refractivity contribution in [1.29, 1.82) is 5.41 Å². The zero-order chi connectivity index (χ0) is 10.7. The molecule has 0 fully saturated rings. The maximum absolute atomic E-state index is 7.28. The maximum atomic E-state index is 7.28. The van der Waals surface area contributed by atoms with E-state index in [1.807, 2.05) is 6.20 Å². The van der Waals surface area contributed by atoms with E-state index in [0.29, 0.717) is 0 Å². The third kappa shape index (κ3) is 2.29. The van der Waals surface area contributed by atoms with Crippen LogP contribution in [-0.4, -0.2) is 29.8 Å². The van der Waals surface area contributed by atoms with Gasteiger partial charge < -0.3 is 11.2 Å².